The number of carbonyl (C=O) groups excluding carboxylic acids is 1. The van der Waals surface area contributed by atoms with Crippen LogP contribution in [0.5, 0.6) is 0 Å². The largest absolute Gasteiger partial charge is 0.346 e. The van der Waals surface area contributed by atoms with E-state index in [1.54, 1.807) is 0 Å². The number of rotatable bonds is 4. The SMILES string of the molecule is C=C(C)CN1CCC(NC(=O)c2nnc3ccccc3n2)CC1. The van der Waals surface area contributed by atoms with Crippen molar-refractivity contribution in [1.29, 1.82) is 0 Å². The number of nitrogens with zero attached hydrogens (tertiary/aromatic N) is 4. The zero-order valence-electron chi connectivity index (χ0n) is 13.3. The Morgan fingerprint density at radius 2 is 1.96 bits per heavy atom. The van der Waals surface area contributed by atoms with Gasteiger partial charge in [-0.05, 0) is 31.9 Å². The summed E-state index contributed by atoms with van der Waals surface area (Å²) in [7, 11) is 0. The van der Waals surface area contributed by atoms with Crippen LogP contribution in [0, 0.1) is 0 Å². The van der Waals surface area contributed by atoms with Crippen LogP contribution in [-0.2, 0) is 0 Å². The first-order valence-electron chi connectivity index (χ1n) is 7.89. The molecule has 0 bridgehead atoms. The lowest BCUT2D eigenvalue weighted by Crippen LogP contribution is -2.45. The molecule has 120 valence electrons. The highest BCUT2D eigenvalue weighted by Crippen LogP contribution is 2.12. The van der Waals surface area contributed by atoms with Crippen molar-refractivity contribution >= 4 is 16.9 Å². The minimum absolute atomic E-state index is 0.132. The van der Waals surface area contributed by atoms with Crippen molar-refractivity contribution in [2.75, 3.05) is 19.6 Å². The Morgan fingerprint density at radius 1 is 1.26 bits per heavy atom. The maximum Gasteiger partial charge on any atom is 0.291 e. The van der Waals surface area contributed by atoms with Crippen LogP contribution >= 0.6 is 0 Å². The van der Waals surface area contributed by atoms with Crippen LogP contribution in [0.1, 0.15) is 30.4 Å². The van der Waals surface area contributed by atoms with E-state index in [4.69, 9.17) is 0 Å². The summed E-state index contributed by atoms with van der Waals surface area (Å²) in [6, 6.07) is 7.57. The Kier molecular flexibility index (Phi) is 4.62. The minimum atomic E-state index is -0.249. The lowest BCUT2D eigenvalue weighted by molar-refractivity contribution is 0.0902. The molecule has 1 N–H and O–H groups in total. The van der Waals surface area contributed by atoms with Crippen LogP contribution in [0.3, 0.4) is 0 Å². The van der Waals surface area contributed by atoms with Crippen molar-refractivity contribution in [3.8, 4) is 0 Å². The first-order chi connectivity index (χ1) is 11.1. The molecule has 1 aliphatic heterocycles. The Labute approximate surface area is 135 Å². The predicted molar refractivity (Wildman–Crippen MR) is 89.1 cm³/mol. The Bertz CT molecular complexity index is 722. The second-order valence-corrected chi connectivity index (χ2v) is 6.11. The van der Waals surface area contributed by atoms with E-state index in [-0.39, 0.29) is 17.8 Å². The van der Waals surface area contributed by atoms with E-state index in [0.29, 0.717) is 11.0 Å². The first-order valence-corrected chi connectivity index (χ1v) is 7.89. The Morgan fingerprint density at radius 3 is 2.65 bits per heavy atom. The molecule has 0 radical (unpaired) electrons. The molecular formula is C17H21N5O. The van der Waals surface area contributed by atoms with Crippen molar-refractivity contribution in [2.24, 2.45) is 0 Å². The molecule has 0 spiro atoms. The van der Waals surface area contributed by atoms with Gasteiger partial charge in [0.15, 0.2) is 0 Å². The third kappa shape index (κ3) is 3.90. The monoisotopic (exact) mass is 311 g/mol. The number of carbonyl (C=O) groups is 1. The van der Waals surface area contributed by atoms with Gasteiger partial charge in [0.1, 0.15) is 5.52 Å². The van der Waals surface area contributed by atoms with E-state index in [1.165, 1.54) is 5.57 Å². The highest BCUT2D eigenvalue weighted by atomic mass is 16.2. The fraction of sp³-hybridized carbons (Fsp3) is 0.412. The number of likely N-dealkylation sites (tertiary alicyclic amines) is 1. The van der Waals surface area contributed by atoms with Gasteiger partial charge >= 0.3 is 0 Å². The van der Waals surface area contributed by atoms with Crippen LogP contribution in [0.25, 0.3) is 11.0 Å². The predicted octanol–water partition coefficient (Wildman–Crippen LogP) is 1.80. The summed E-state index contributed by atoms with van der Waals surface area (Å²) >= 11 is 0. The van der Waals surface area contributed by atoms with E-state index in [2.05, 4.69) is 32.0 Å². The van der Waals surface area contributed by atoms with E-state index >= 15 is 0 Å². The lowest BCUT2D eigenvalue weighted by Gasteiger charge is -2.32. The minimum Gasteiger partial charge on any atom is -0.346 e. The molecule has 2 heterocycles. The molecule has 1 aliphatic rings. The third-order valence-electron chi connectivity index (χ3n) is 3.98. The summed E-state index contributed by atoms with van der Waals surface area (Å²) in [5, 5.41) is 11.0. The molecular weight excluding hydrogens is 290 g/mol. The molecule has 6 nitrogen and oxygen atoms in total. The highest BCUT2D eigenvalue weighted by molar-refractivity contribution is 5.92. The molecule has 23 heavy (non-hydrogen) atoms. The van der Waals surface area contributed by atoms with E-state index in [9.17, 15) is 4.79 Å². The Hall–Kier alpha value is -2.34. The maximum atomic E-state index is 12.3. The Balaban J connectivity index is 1.59. The van der Waals surface area contributed by atoms with E-state index in [1.807, 2.05) is 31.2 Å². The van der Waals surface area contributed by atoms with E-state index in [0.717, 1.165) is 32.5 Å². The average molecular weight is 311 g/mol. The van der Waals surface area contributed by atoms with Gasteiger partial charge in [-0.3, -0.25) is 9.69 Å². The van der Waals surface area contributed by atoms with Gasteiger partial charge in [-0.25, -0.2) is 4.98 Å². The van der Waals surface area contributed by atoms with Gasteiger partial charge in [0.25, 0.3) is 5.91 Å². The molecule has 0 atom stereocenters. The molecule has 0 unspecified atom stereocenters. The molecule has 1 fully saturated rings. The summed E-state index contributed by atoms with van der Waals surface area (Å²) in [5.41, 5.74) is 2.55. The number of para-hydroxylation sites is 1. The first kappa shape index (κ1) is 15.6. The number of aromatic nitrogens is 3. The summed E-state index contributed by atoms with van der Waals surface area (Å²) < 4.78 is 0. The van der Waals surface area contributed by atoms with Crippen molar-refractivity contribution in [3.63, 3.8) is 0 Å². The molecule has 0 aliphatic carbocycles. The molecule has 1 saturated heterocycles. The molecule has 1 aromatic heterocycles. The van der Waals surface area contributed by atoms with Crippen molar-refractivity contribution < 1.29 is 4.79 Å². The second kappa shape index (κ2) is 6.83. The normalized spacial score (nSPS) is 16.4. The maximum absolute atomic E-state index is 12.3. The van der Waals surface area contributed by atoms with Gasteiger partial charge in [-0.15, -0.1) is 10.2 Å². The molecule has 6 heteroatoms. The number of hydrogen-bond donors (Lipinski definition) is 1. The quantitative estimate of drug-likeness (QED) is 0.872. The highest BCUT2D eigenvalue weighted by Gasteiger charge is 2.22. The fourth-order valence-corrected chi connectivity index (χ4v) is 2.84. The molecule has 2 aromatic rings. The van der Waals surface area contributed by atoms with Crippen LogP contribution in [-0.4, -0.2) is 51.7 Å². The van der Waals surface area contributed by atoms with Crippen LogP contribution < -0.4 is 5.32 Å². The lowest BCUT2D eigenvalue weighted by atomic mass is 10.0. The van der Waals surface area contributed by atoms with E-state index < -0.39 is 0 Å². The number of benzene rings is 1. The summed E-state index contributed by atoms with van der Waals surface area (Å²) in [5.74, 6) is -0.116. The van der Waals surface area contributed by atoms with Crippen LogP contribution in [0.2, 0.25) is 0 Å². The van der Waals surface area contributed by atoms with Gasteiger partial charge in [0.2, 0.25) is 5.82 Å². The number of fused-ring (bicyclic) bond motifs is 1. The summed E-state index contributed by atoms with van der Waals surface area (Å²) in [6.45, 7) is 8.85. The number of piperidine rings is 1. The van der Waals surface area contributed by atoms with Gasteiger partial charge in [-0.1, -0.05) is 24.3 Å². The topological polar surface area (TPSA) is 71.0 Å². The zero-order chi connectivity index (χ0) is 16.2. The molecule has 0 saturated carbocycles. The zero-order valence-corrected chi connectivity index (χ0v) is 13.3. The smallest absolute Gasteiger partial charge is 0.291 e. The number of nitrogens with one attached hydrogen (secondary N) is 1. The number of amides is 1. The van der Waals surface area contributed by atoms with Gasteiger partial charge in [0.05, 0.1) is 5.52 Å². The average Bonchev–Trinajstić information content (AvgIpc) is 2.55. The van der Waals surface area contributed by atoms with Gasteiger partial charge in [0, 0.05) is 25.7 Å². The van der Waals surface area contributed by atoms with Crippen molar-refractivity contribution in [2.45, 2.75) is 25.8 Å². The third-order valence-corrected chi connectivity index (χ3v) is 3.98. The summed E-state index contributed by atoms with van der Waals surface area (Å²) in [4.78, 5) is 19.0. The second-order valence-electron chi connectivity index (χ2n) is 6.11. The molecule has 1 aromatic carbocycles. The molecule has 3 rings (SSSR count). The van der Waals surface area contributed by atoms with Crippen LogP contribution in [0.4, 0.5) is 0 Å². The van der Waals surface area contributed by atoms with Crippen molar-refractivity contribution in [3.05, 3.63) is 42.2 Å². The van der Waals surface area contributed by atoms with Gasteiger partial charge < -0.3 is 5.32 Å². The van der Waals surface area contributed by atoms with Gasteiger partial charge in [-0.2, -0.15) is 0 Å². The fourth-order valence-electron chi connectivity index (χ4n) is 2.84. The standard InChI is InChI=1S/C17H21N5O/c1-12(2)11-22-9-7-13(8-10-22)18-17(23)16-19-14-5-3-4-6-15(14)20-21-16/h3-6,13H,1,7-11H2,2H3,(H,18,23). The molecule has 1 amide bonds. The summed E-state index contributed by atoms with van der Waals surface area (Å²) in [6.07, 6.45) is 1.86. The van der Waals surface area contributed by atoms with Crippen LogP contribution in [0.15, 0.2) is 36.4 Å². The number of hydrogen-bond acceptors (Lipinski definition) is 5. The van der Waals surface area contributed by atoms with Crippen molar-refractivity contribution in [1.82, 2.24) is 25.4 Å².